The van der Waals surface area contributed by atoms with Gasteiger partial charge in [-0.15, -0.1) is 10.2 Å². The first-order chi connectivity index (χ1) is 17.2. The van der Waals surface area contributed by atoms with Gasteiger partial charge < -0.3 is 14.8 Å². The van der Waals surface area contributed by atoms with Crippen molar-refractivity contribution in [3.8, 4) is 17.1 Å². The minimum absolute atomic E-state index is 0.0514. The van der Waals surface area contributed by atoms with E-state index < -0.39 is 0 Å². The van der Waals surface area contributed by atoms with Crippen molar-refractivity contribution in [2.45, 2.75) is 6.42 Å². The van der Waals surface area contributed by atoms with Crippen LogP contribution in [0.2, 0.25) is 0 Å². The first kappa shape index (κ1) is 21.5. The van der Waals surface area contributed by atoms with E-state index in [2.05, 4.69) is 59.6 Å². The zero-order valence-electron chi connectivity index (χ0n) is 19.6. The summed E-state index contributed by atoms with van der Waals surface area (Å²) in [5.74, 6) is 0.617. The number of carbonyl (C=O) groups excluding carboxylic acids is 1. The van der Waals surface area contributed by atoms with E-state index in [1.54, 1.807) is 7.05 Å². The number of fused-ring (bicyclic) bond motifs is 1. The van der Waals surface area contributed by atoms with Crippen molar-refractivity contribution in [2.24, 2.45) is 7.05 Å². The monoisotopic (exact) mass is 469 g/mol. The number of aromatic nitrogens is 6. The van der Waals surface area contributed by atoms with Crippen molar-refractivity contribution < 1.29 is 4.79 Å². The lowest BCUT2D eigenvalue weighted by molar-refractivity contribution is 0.205. The summed E-state index contributed by atoms with van der Waals surface area (Å²) in [6.45, 7) is 5.04. The maximum Gasteiger partial charge on any atom is 0.317 e. The SMILES string of the molecule is Cn1nnc(-c2ccc3c(c2)c(C2=CCN(CCN4CCNC4=O)CC2)cn3-c2ccncc2)n1. The number of hydrogen-bond donors (Lipinski definition) is 1. The van der Waals surface area contributed by atoms with Gasteiger partial charge in [0, 0.05) is 80.1 Å². The van der Waals surface area contributed by atoms with Crippen LogP contribution in [0.4, 0.5) is 4.79 Å². The molecule has 0 saturated carbocycles. The molecule has 3 aromatic heterocycles. The fourth-order valence-corrected chi connectivity index (χ4v) is 4.89. The van der Waals surface area contributed by atoms with Gasteiger partial charge in [-0.05, 0) is 47.5 Å². The molecule has 5 heterocycles. The van der Waals surface area contributed by atoms with Gasteiger partial charge >= 0.3 is 6.03 Å². The molecule has 2 amide bonds. The number of nitrogens with zero attached hydrogens (tertiary/aromatic N) is 8. The van der Waals surface area contributed by atoms with Gasteiger partial charge in [-0.3, -0.25) is 9.88 Å². The molecule has 35 heavy (non-hydrogen) atoms. The van der Waals surface area contributed by atoms with Crippen LogP contribution in [0.5, 0.6) is 0 Å². The Balaban J connectivity index is 1.32. The maximum atomic E-state index is 11.8. The molecule has 2 aliphatic heterocycles. The topological polar surface area (TPSA) is 97.0 Å². The summed E-state index contributed by atoms with van der Waals surface area (Å²) in [6, 6.07) is 10.4. The van der Waals surface area contributed by atoms with E-state index in [-0.39, 0.29) is 6.03 Å². The van der Waals surface area contributed by atoms with Crippen LogP contribution >= 0.6 is 0 Å². The second kappa shape index (κ2) is 8.95. The van der Waals surface area contributed by atoms with Crippen molar-refractivity contribution in [3.05, 3.63) is 60.6 Å². The Morgan fingerprint density at radius 3 is 2.69 bits per heavy atom. The smallest absolute Gasteiger partial charge is 0.317 e. The third kappa shape index (κ3) is 4.17. The second-order valence-electron chi connectivity index (χ2n) is 8.95. The molecular formula is C25H27N9O. The molecule has 0 radical (unpaired) electrons. The number of benzene rings is 1. The Bertz CT molecular complexity index is 1410. The van der Waals surface area contributed by atoms with E-state index in [0.717, 1.165) is 62.5 Å². The third-order valence-corrected chi connectivity index (χ3v) is 6.78. The molecule has 0 aliphatic carbocycles. The molecule has 178 valence electrons. The average Bonchev–Trinajstić information content (AvgIpc) is 3.61. The fourth-order valence-electron chi connectivity index (χ4n) is 4.89. The Kier molecular flexibility index (Phi) is 5.49. The molecule has 0 unspecified atom stereocenters. The minimum atomic E-state index is 0.0514. The molecule has 10 heteroatoms. The Hall–Kier alpha value is -4.05. The van der Waals surface area contributed by atoms with Crippen LogP contribution in [-0.4, -0.2) is 84.9 Å². The van der Waals surface area contributed by atoms with E-state index in [4.69, 9.17) is 0 Å². The van der Waals surface area contributed by atoms with Crippen LogP contribution in [0.15, 0.2) is 55.0 Å². The van der Waals surface area contributed by atoms with Crippen molar-refractivity contribution in [3.63, 3.8) is 0 Å². The Labute approximate surface area is 202 Å². The van der Waals surface area contributed by atoms with Gasteiger partial charge in [0.25, 0.3) is 0 Å². The third-order valence-electron chi connectivity index (χ3n) is 6.78. The van der Waals surface area contributed by atoms with E-state index in [0.29, 0.717) is 5.82 Å². The summed E-state index contributed by atoms with van der Waals surface area (Å²) >= 11 is 0. The molecule has 6 rings (SSSR count). The zero-order valence-corrected chi connectivity index (χ0v) is 19.6. The number of amides is 2. The molecule has 1 fully saturated rings. The molecule has 0 spiro atoms. The number of tetrazole rings is 1. The number of pyridine rings is 1. The summed E-state index contributed by atoms with van der Waals surface area (Å²) in [6.07, 6.45) is 9.14. The van der Waals surface area contributed by atoms with Gasteiger partial charge in [0.2, 0.25) is 5.82 Å². The number of hydrogen-bond acceptors (Lipinski definition) is 6. The van der Waals surface area contributed by atoms with Gasteiger partial charge in [-0.1, -0.05) is 6.08 Å². The lowest BCUT2D eigenvalue weighted by atomic mass is 9.98. The maximum absolute atomic E-state index is 11.8. The summed E-state index contributed by atoms with van der Waals surface area (Å²) in [5.41, 5.74) is 5.70. The first-order valence-corrected chi connectivity index (χ1v) is 11.9. The molecule has 1 aromatic carbocycles. The van der Waals surface area contributed by atoms with Gasteiger partial charge in [0.05, 0.1) is 12.6 Å². The van der Waals surface area contributed by atoms with Crippen LogP contribution in [0, 0.1) is 0 Å². The van der Waals surface area contributed by atoms with Gasteiger partial charge in [-0.25, -0.2) is 4.79 Å². The highest BCUT2D eigenvalue weighted by Gasteiger charge is 2.22. The van der Waals surface area contributed by atoms with Crippen molar-refractivity contribution >= 4 is 22.5 Å². The number of rotatable bonds is 6. The lowest BCUT2D eigenvalue weighted by Crippen LogP contribution is -2.38. The average molecular weight is 470 g/mol. The van der Waals surface area contributed by atoms with Crippen LogP contribution in [0.3, 0.4) is 0 Å². The fraction of sp³-hybridized carbons (Fsp3) is 0.320. The van der Waals surface area contributed by atoms with Crippen LogP contribution in [0.25, 0.3) is 33.6 Å². The number of aryl methyl sites for hydroxylation is 1. The van der Waals surface area contributed by atoms with E-state index >= 15 is 0 Å². The predicted octanol–water partition coefficient (Wildman–Crippen LogP) is 2.33. The van der Waals surface area contributed by atoms with E-state index in [1.807, 2.05) is 35.5 Å². The molecule has 1 N–H and O–H groups in total. The molecule has 0 atom stereocenters. The largest absolute Gasteiger partial charge is 0.336 e. The molecule has 2 aliphatic rings. The number of carbonyl (C=O) groups is 1. The highest BCUT2D eigenvalue weighted by atomic mass is 16.2. The van der Waals surface area contributed by atoms with E-state index in [9.17, 15) is 4.79 Å². The predicted molar refractivity (Wildman–Crippen MR) is 133 cm³/mol. The Morgan fingerprint density at radius 2 is 1.97 bits per heavy atom. The van der Waals surface area contributed by atoms with Crippen molar-refractivity contribution in [1.82, 2.24) is 44.9 Å². The Morgan fingerprint density at radius 1 is 1.09 bits per heavy atom. The standard InChI is InChI=1S/C25H27N9O/c1-31-29-24(28-30-31)19-2-3-23-21(16-19)22(17-34(23)20-4-8-26-9-5-20)18-6-11-32(12-7-18)14-15-33-13-10-27-25(33)35/h2-6,8-9,16-17H,7,10-15H2,1H3,(H,27,35). The highest BCUT2D eigenvalue weighted by Crippen LogP contribution is 2.34. The molecular weight excluding hydrogens is 442 g/mol. The molecule has 10 nitrogen and oxygen atoms in total. The first-order valence-electron chi connectivity index (χ1n) is 11.9. The zero-order chi connectivity index (χ0) is 23.8. The van der Waals surface area contributed by atoms with Crippen molar-refractivity contribution in [1.29, 1.82) is 0 Å². The summed E-state index contributed by atoms with van der Waals surface area (Å²) in [4.78, 5) is 21.8. The summed E-state index contributed by atoms with van der Waals surface area (Å²) in [5, 5.41) is 16.6. The molecule has 4 aromatic rings. The highest BCUT2D eigenvalue weighted by molar-refractivity contribution is 5.96. The molecule has 0 bridgehead atoms. The van der Waals surface area contributed by atoms with Gasteiger partial charge in [0.1, 0.15) is 0 Å². The minimum Gasteiger partial charge on any atom is -0.336 e. The summed E-state index contributed by atoms with van der Waals surface area (Å²) in [7, 11) is 1.77. The lowest BCUT2D eigenvalue weighted by Gasteiger charge is -2.28. The normalized spacial score (nSPS) is 16.7. The molecule has 1 saturated heterocycles. The van der Waals surface area contributed by atoms with E-state index in [1.165, 1.54) is 21.3 Å². The number of urea groups is 1. The van der Waals surface area contributed by atoms with Gasteiger partial charge in [0.15, 0.2) is 0 Å². The quantitative estimate of drug-likeness (QED) is 0.466. The number of nitrogens with one attached hydrogen (secondary N) is 1. The van der Waals surface area contributed by atoms with Crippen LogP contribution in [-0.2, 0) is 7.05 Å². The van der Waals surface area contributed by atoms with Gasteiger partial charge in [-0.2, -0.15) is 4.80 Å². The summed E-state index contributed by atoms with van der Waals surface area (Å²) < 4.78 is 2.22. The van der Waals surface area contributed by atoms with Crippen LogP contribution in [0.1, 0.15) is 12.0 Å². The second-order valence-corrected chi connectivity index (χ2v) is 8.95. The van der Waals surface area contributed by atoms with Crippen molar-refractivity contribution in [2.75, 3.05) is 39.3 Å². The van der Waals surface area contributed by atoms with Crippen LogP contribution < -0.4 is 5.32 Å².